The van der Waals surface area contributed by atoms with Crippen LogP contribution in [0.25, 0.3) is 11.3 Å². The predicted molar refractivity (Wildman–Crippen MR) is 103 cm³/mol. The van der Waals surface area contributed by atoms with Gasteiger partial charge >= 0.3 is 5.97 Å². The Hall–Kier alpha value is -2.41. The Kier molecular flexibility index (Phi) is 6.81. The SMILES string of the molecule is CCOC(=O)c1n[nH]nc1-c1ccc(OCCCN2CCCC(C)C2)cc1. The van der Waals surface area contributed by atoms with Gasteiger partial charge in [0.25, 0.3) is 0 Å². The van der Waals surface area contributed by atoms with Crippen molar-refractivity contribution in [3.05, 3.63) is 30.0 Å². The Morgan fingerprint density at radius 2 is 2.11 bits per heavy atom. The van der Waals surface area contributed by atoms with Crippen LogP contribution >= 0.6 is 0 Å². The van der Waals surface area contributed by atoms with Gasteiger partial charge in [-0.3, -0.25) is 0 Å². The Balaban J connectivity index is 1.49. The van der Waals surface area contributed by atoms with Gasteiger partial charge in [-0.2, -0.15) is 10.3 Å². The zero-order valence-corrected chi connectivity index (χ0v) is 16.1. The molecule has 1 atom stereocenters. The van der Waals surface area contributed by atoms with Crippen LogP contribution in [0.15, 0.2) is 24.3 Å². The Bertz CT molecular complexity index is 729. The maximum atomic E-state index is 11.9. The maximum absolute atomic E-state index is 11.9. The van der Waals surface area contributed by atoms with Crippen molar-refractivity contribution in [3.8, 4) is 17.0 Å². The van der Waals surface area contributed by atoms with Crippen LogP contribution in [0.2, 0.25) is 0 Å². The number of aromatic nitrogens is 3. The monoisotopic (exact) mass is 372 g/mol. The molecule has 1 aliphatic rings. The zero-order chi connectivity index (χ0) is 19.1. The van der Waals surface area contributed by atoms with Gasteiger partial charge in [0.2, 0.25) is 0 Å². The highest BCUT2D eigenvalue weighted by atomic mass is 16.5. The summed E-state index contributed by atoms with van der Waals surface area (Å²) in [7, 11) is 0. The molecule has 1 aromatic carbocycles. The quantitative estimate of drug-likeness (QED) is 0.566. The van der Waals surface area contributed by atoms with Crippen molar-refractivity contribution in [2.24, 2.45) is 5.92 Å². The van der Waals surface area contributed by atoms with E-state index in [2.05, 4.69) is 27.2 Å². The summed E-state index contributed by atoms with van der Waals surface area (Å²) in [5.41, 5.74) is 1.47. The molecule has 1 aliphatic heterocycles. The number of likely N-dealkylation sites (tertiary alicyclic amines) is 1. The summed E-state index contributed by atoms with van der Waals surface area (Å²) in [6.45, 7) is 8.58. The molecule has 0 spiro atoms. The fourth-order valence-corrected chi connectivity index (χ4v) is 3.45. The van der Waals surface area contributed by atoms with E-state index in [-0.39, 0.29) is 5.69 Å². The number of carbonyl (C=O) groups is 1. The molecule has 0 amide bonds. The lowest BCUT2D eigenvalue weighted by molar-refractivity contribution is 0.0520. The molecule has 1 saturated heterocycles. The molecule has 1 aromatic heterocycles. The number of aromatic amines is 1. The maximum Gasteiger partial charge on any atom is 0.361 e. The number of H-pyrrole nitrogens is 1. The summed E-state index contributed by atoms with van der Waals surface area (Å²) >= 11 is 0. The summed E-state index contributed by atoms with van der Waals surface area (Å²) in [6.07, 6.45) is 3.67. The zero-order valence-electron chi connectivity index (χ0n) is 16.1. The highest BCUT2D eigenvalue weighted by Gasteiger charge is 2.19. The Labute approximate surface area is 160 Å². The lowest BCUT2D eigenvalue weighted by atomic mass is 10.0. The molecule has 2 heterocycles. The van der Waals surface area contributed by atoms with Gasteiger partial charge in [0.15, 0.2) is 5.69 Å². The molecule has 2 aromatic rings. The number of rotatable bonds is 8. The van der Waals surface area contributed by atoms with Gasteiger partial charge in [-0.1, -0.05) is 6.92 Å². The van der Waals surface area contributed by atoms with Crippen molar-refractivity contribution in [3.63, 3.8) is 0 Å². The van der Waals surface area contributed by atoms with E-state index in [1.54, 1.807) is 6.92 Å². The molecular formula is C20H28N4O3. The second-order valence-corrected chi connectivity index (χ2v) is 7.02. The minimum absolute atomic E-state index is 0.196. The molecule has 0 radical (unpaired) electrons. The van der Waals surface area contributed by atoms with Crippen molar-refractivity contribution < 1.29 is 14.3 Å². The van der Waals surface area contributed by atoms with E-state index in [1.807, 2.05) is 24.3 Å². The third kappa shape index (κ3) is 5.29. The van der Waals surface area contributed by atoms with Crippen molar-refractivity contribution in [1.29, 1.82) is 0 Å². The first-order chi connectivity index (χ1) is 13.2. The molecule has 1 fully saturated rings. The second kappa shape index (κ2) is 9.50. The standard InChI is InChI=1S/C20H28N4O3/c1-3-26-20(25)19-18(21-23-22-19)16-7-9-17(10-8-16)27-13-5-12-24-11-4-6-15(2)14-24/h7-10,15H,3-6,11-14H2,1-2H3,(H,21,22,23). The van der Waals surface area contributed by atoms with Crippen LogP contribution in [0.1, 0.15) is 43.6 Å². The fourth-order valence-electron chi connectivity index (χ4n) is 3.45. The lowest BCUT2D eigenvalue weighted by Gasteiger charge is -2.30. The summed E-state index contributed by atoms with van der Waals surface area (Å²) < 4.78 is 10.9. The first-order valence-corrected chi connectivity index (χ1v) is 9.71. The molecular weight excluding hydrogens is 344 g/mol. The normalized spacial score (nSPS) is 17.6. The van der Waals surface area contributed by atoms with Gasteiger partial charge in [-0.25, -0.2) is 4.79 Å². The van der Waals surface area contributed by atoms with Crippen molar-refractivity contribution in [1.82, 2.24) is 20.3 Å². The van der Waals surface area contributed by atoms with E-state index in [4.69, 9.17) is 9.47 Å². The number of benzene rings is 1. The highest BCUT2D eigenvalue weighted by Crippen LogP contribution is 2.23. The number of carbonyl (C=O) groups excluding carboxylic acids is 1. The molecule has 0 aliphatic carbocycles. The Morgan fingerprint density at radius 1 is 1.30 bits per heavy atom. The molecule has 1 unspecified atom stereocenters. The van der Waals surface area contributed by atoms with Crippen molar-refractivity contribution in [2.75, 3.05) is 32.8 Å². The lowest BCUT2D eigenvalue weighted by Crippen LogP contribution is -2.35. The number of ether oxygens (including phenoxy) is 2. The van der Waals surface area contributed by atoms with E-state index in [1.165, 1.54) is 25.9 Å². The van der Waals surface area contributed by atoms with E-state index < -0.39 is 5.97 Å². The first kappa shape index (κ1) is 19.4. The summed E-state index contributed by atoms with van der Waals surface area (Å²) in [5.74, 6) is 1.14. The van der Waals surface area contributed by atoms with Crippen LogP contribution in [0.5, 0.6) is 5.75 Å². The second-order valence-electron chi connectivity index (χ2n) is 7.02. The average Bonchev–Trinajstić information content (AvgIpc) is 3.16. The summed E-state index contributed by atoms with van der Waals surface area (Å²) in [4.78, 5) is 14.4. The van der Waals surface area contributed by atoms with Gasteiger partial charge in [0, 0.05) is 18.7 Å². The third-order valence-corrected chi connectivity index (χ3v) is 4.77. The predicted octanol–water partition coefficient (Wildman–Crippen LogP) is 3.15. The average molecular weight is 372 g/mol. The minimum Gasteiger partial charge on any atom is -0.494 e. The molecule has 7 heteroatoms. The molecule has 146 valence electrons. The van der Waals surface area contributed by atoms with Gasteiger partial charge in [0.05, 0.1) is 13.2 Å². The minimum atomic E-state index is -0.478. The largest absolute Gasteiger partial charge is 0.494 e. The third-order valence-electron chi connectivity index (χ3n) is 4.77. The number of hydrogen-bond donors (Lipinski definition) is 1. The molecule has 1 N–H and O–H groups in total. The fraction of sp³-hybridized carbons (Fsp3) is 0.550. The molecule has 27 heavy (non-hydrogen) atoms. The van der Waals surface area contributed by atoms with E-state index in [0.29, 0.717) is 18.9 Å². The van der Waals surface area contributed by atoms with Gasteiger partial charge in [0.1, 0.15) is 11.4 Å². The highest BCUT2D eigenvalue weighted by molar-refractivity contribution is 5.93. The number of piperidine rings is 1. The number of nitrogens with zero attached hydrogens (tertiary/aromatic N) is 3. The molecule has 3 rings (SSSR count). The Morgan fingerprint density at radius 3 is 2.85 bits per heavy atom. The number of esters is 1. The van der Waals surface area contributed by atoms with Gasteiger partial charge < -0.3 is 14.4 Å². The van der Waals surface area contributed by atoms with Crippen LogP contribution in [0.3, 0.4) is 0 Å². The number of hydrogen-bond acceptors (Lipinski definition) is 6. The number of nitrogens with one attached hydrogen (secondary N) is 1. The van der Waals surface area contributed by atoms with E-state index in [9.17, 15) is 4.79 Å². The van der Waals surface area contributed by atoms with Crippen LogP contribution < -0.4 is 4.74 Å². The van der Waals surface area contributed by atoms with E-state index in [0.717, 1.165) is 30.2 Å². The van der Waals surface area contributed by atoms with Crippen molar-refractivity contribution in [2.45, 2.75) is 33.1 Å². The van der Waals surface area contributed by atoms with Crippen LogP contribution in [0.4, 0.5) is 0 Å². The first-order valence-electron chi connectivity index (χ1n) is 9.71. The van der Waals surface area contributed by atoms with Gasteiger partial charge in [-0.05, 0) is 62.9 Å². The molecule has 7 nitrogen and oxygen atoms in total. The summed E-state index contributed by atoms with van der Waals surface area (Å²) in [6, 6.07) is 7.54. The smallest absolute Gasteiger partial charge is 0.361 e. The molecule has 0 bridgehead atoms. The van der Waals surface area contributed by atoms with Crippen LogP contribution in [-0.2, 0) is 4.74 Å². The van der Waals surface area contributed by atoms with Crippen molar-refractivity contribution >= 4 is 5.97 Å². The summed E-state index contributed by atoms with van der Waals surface area (Å²) in [5, 5.41) is 10.5. The molecule has 0 saturated carbocycles. The van der Waals surface area contributed by atoms with Crippen LogP contribution in [0, 0.1) is 5.92 Å². The van der Waals surface area contributed by atoms with Crippen LogP contribution in [-0.4, -0.2) is 59.1 Å². The topological polar surface area (TPSA) is 80.3 Å². The van der Waals surface area contributed by atoms with Gasteiger partial charge in [-0.15, -0.1) is 5.10 Å². The van der Waals surface area contributed by atoms with E-state index >= 15 is 0 Å².